The molecular weight excluding hydrogens is 393 g/mol. The number of ether oxygens (including phenoxy) is 1. The average Bonchev–Trinajstić information content (AvgIpc) is 2.94. The van der Waals surface area contributed by atoms with E-state index in [0.717, 1.165) is 6.07 Å². The largest absolute Gasteiger partial charge is 0.452 e. The predicted molar refractivity (Wildman–Crippen MR) is 96.4 cm³/mol. The normalized spacial score (nSPS) is 12.4. The van der Waals surface area contributed by atoms with Crippen LogP contribution in [0.4, 0.5) is 10.1 Å². The summed E-state index contributed by atoms with van der Waals surface area (Å²) in [6.45, 7) is 4.06. The summed E-state index contributed by atoms with van der Waals surface area (Å²) >= 11 is 0. The Balaban J connectivity index is 1.82. The van der Waals surface area contributed by atoms with Gasteiger partial charge in [-0.1, -0.05) is 11.2 Å². The first-order valence-electron chi connectivity index (χ1n) is 8.28. The first-order chi connectivity index (χ1) is 13.1. The smallest absolute Gasteiger partial charge is 0.307 e. The fourth-order valence-corrected chi connectivity index (χ4v) is 3.69. The molecule has 0 aliphatic carbocycles. The summed E-state index contributed by atoms with van der Waals surface area (Å²) in [5.41, 5.74) is 0.426. The minimum atomic E-state index is -3.89. The van der Waals surface area contributed by atoms with Crippen LogP contribution >= 0.6 is 0 Å². The highest BCUT2D eigenvalue weighted by Crippen LogP contribution is 2.18. The number of sulfonamides is 1. The zero-order valence-corrected chi connectivity index (χ0v) is 16.3. The SMILES string of the molecule is Cc1noc(C)c1S(=O)(=O)NCCC(=O)O[C@@H](C)C(=O)Nc1cccc(F)c1. The molecule has 0 saturated carbocycles. The van der Waals surface area contributed by atoms with Gasteiger partial charge in [0.2, 0.25) is 10.0 Å². The minimum absolute atomic E-state index is 0.0799. The van der Waals surface area contributed by atoms with E-state index in [1.807, 2.05) is 0 Å². The van der Waals surface area contributed by atoms with Crippen molar-refractivity contribution < 1.29 is 31.7 Å². The van der Waals surface area contributed by atoms with Crippen molar-refractivity contribution in [3.05, 3.63) is 41.5 Å². The van der Waals surface area contributed by atoms with Crippen molar-refractivity contribution in [2.75, 3.05) is 11.9 Å². The molecule has 28 heavy (non-hydrogen) atoms. The van der Waals surface area contributed by atoms with E-state index >= 15 is 0 Å². The highest BCUT2D eigenvalue weighted by atomic mass is 32.2. The molecule has 0 saturated heterocycles. The number of hydrogen-bond donors (Lipinski definition) is 2. The Morgan fingerprint density at radius 3 is 2.64 bits per heavy atom. The zero-order chi connectivity index (χ0) is 20.9. The molecule has 0 radical (unpaired) electrons. The lowest BCUT2D eigenvalue weighted by Gasteiger charge is -2.14. The Labute approximate surface area is 161 Å². The summed E-state index contributed by atoms with van der Waals surface area (Å²) < 4.78 is 49.6. The molecule has 9 nitrogen and oxygen atoms in total. The maximum absolute atomic E-state index is 13.1. The van der Waals surface area contributed by atoms with Crippen molar-refractivity contribution in [2.24, 2.45) is 0 Å². The van der Waals surface area contributed by atoms with E-state index in [9.17, 15) is 22.4 Å². The van der Waals surface area contributed by atoms with Crippen molar-refractivity contribution >= 4 is 27.6 Å². The molecule has 0 bridgehead atoms. The van der Waals surface area contributed by atoms with Crippen LogP contribution in [0.3, 0.4) is 0 Å². The van der Waals surface area contributed by atoms with E-state index in [1.54, 1.807) is 0 Å². The monoisotopic (exact) mass is 413 g/mol. The molecular formula is C17H20FN3O6S. The van der Waals surface area contributed by atoms with Crippen LogP contribution in [-0.2, 0) is 24.3 Å². The molecule has 0 fully saturated rings. The molecule has 152 valence electrons. The summed E-state index contributed by atoms with van der Waals surface area (Å²) in [6.07, 6.45) is -1.44. The predicted octanol–water partition coefficient (Wildman–Crippen LogP) is 1.67. The highest BCUT2D eigenvalue weighted by molar-refractivity contribution is 7.89. The van der Waals surface area contributed by atoms with Crippen LogP contribution in [0, 0.1) is 19.7 Å². The second-order valence-electron chi connectivity index (χ2n) is 5.93. The van der Waals surface area contributed by atoms with E-state index in [4.69, 9.17) is 9.26 Å². The number of halogens is 1. The van der Waals surface area contributed by atoms with E-state index in [1.165, 1.54) is 39.0 Å². The summed E-state index contributed by atoms with van der Waals surface area (Å²) in [5, 5.41) is 5.98. The number of esters is 1. The van der Waals surface area contributed by atoms with Gasteiger partial charge in [0.25, 0.3) is 5.91 Å². The van der Waals surface area contributed by atoms with Gasteiger partial charge in [0, 0.05) is 12.2 Å². The molecule has 1 aromatic carbocycles. The molecule has 0 unspecified atom stereocenters. The van der Waals surface area contributed by atoms with E-state index in [2.05, 4.69) is 15.2 Å². The molecule has 1 heterocycles. The van der Waals surface area contributed by atoms with E-state index in [0.29, 0.717) is 0 Å². The lowest BCUT2D eigenvalue weighted by Crippen LogP contribution is -2.32. The van der Waals surface area contributed by atoms with Gasteiger partial charge in [-0.15, -0.1) is 0 Å². The molecule has 1 aromatic heterocycles. The number of amides is 1. The second-order valence-corrected chi connectivity index (χ2v) is 7.64. The third-order valence-corrected chi connectivity index (χ3v) is 5.33. The van der Waals surface area contributed by atoms with Crippen LogP contribution < -0.4 is 10.0 Å². The number of aryl methyl sites for hydroxylation is 2. The molecule has 11 heteroatoms. The van der Waals surface area contributed by atoms with Crippen LogP contribution in [0.1, 0.15) is 24.8 Å². The molecule has 0 aliphatic heterocycles. The van der Waals surface area contributed by atoms with Gasteiger partial charge in [-0.25, -0.2) is 17.5 Å². The standard InChI is InChI=1S/C17H20FN3O6S/c1-10-16(11(2)27-21-10)28(24,25)19-8-7-15(22)26-12(3)17(23)20-14-6-4-5-13(18)9-14/h4-6,9,12,19H,7-8H2,1-3H3,(H,20,23)/t12-/m0/s1. The average molecular weight is 413 g/mol. The van der Waals surface area contributed by atoms with Crippen LogP contribution in [0.5, 0.6) is 0 Å². The highest BCUT2D eigenvalue weighted by Gasteiger charge is 2.24. The quantitative estimate of drug-likeness (QED) is 0.630. The van der Waals surface area contributed by atoms with Gasteiger partial charge in [0.15, 0.2) is 11.9 Å². The summed E-state index contributed by atoms with van der Waals surface area (Å²) in [5.74, 6) is -1.80. The third-order valence-electron chi connectivity index (χ3n) is 3.63. The van der Waals surface area contributed by atoms with E-state index < -0.39 is 33.8 Å². The maximum atomic E-state index is 13.1. The van der Waals surface area contributed by atoms with E-state index in [-0.39, 0.29) is 35.0 Å². The number of rotatable bonds is 8. The maximum Gasteiger partial charge on any atom is 0.307 e. The van der Waals surface area contributed by atoms with Crippen molar-refractivity contribution in [1.29, 1.82) is 0 Å². The number of nitrogens with zero attached hydrogens (tertiary/aromatic N) is 1. The Kier molecular flexibility index (Phi) is 6.86. The van der Waals surface area contributed by atoms with Gasteiger partial charge in [0.1, 0.15) is 16.4 Å². The summed E-state index contributed by atoms with van der Waals surface area (Å²) in [7, 11) is -3.89. The van der Waals surface area contributed by atoms with Crippen LogP contribution in [0.25, 0.3) is 0 Å². The molecule has 0 aliphatic rings. The Morgan fingerprint density at radius 1 is 1.32 bits per heavy atom. The van der Waals surface area contributed by atoms with Crippen molar-refractivity contribution in [3.63, 3.8) is 0 Å². The Hall–Kier alpha value is -2.79. The van der Waals surface area contributed by atoms with Gasteiger partial charge in [-0.2, -0.15) is 0 Å². The van der Waals surface area contributed by atoms with Gasteiger partial charge in [0.05, 0.1) is 6.42 Å². The topological polar surface area (TPSA) is 128 Å². The number of carbonyl (C=O) groups is 2. The Morgan fingerprint density at radius 2 is 2.04 bits per heavy atom. The molecule has 2 N–H and O–H groups in total. The van der Waals surface area contributed by atoms with Gasteiger partial charge in [-0.3, -0.25) is 9.59 Å². The molecule has 2 rings (SSSR count). The van der Waals surface area contributed by atoms with Gasteiger partial charge < -0.3 is 14.6 Å². The lowest BCUT2D eigenvalue weighted by atomic mass is 10.3. The molecule has 0 spiro atoms. The van der Waals surface area contributed by atoms with Gasteiger partial charge in [-0.05, 0) is 39.0 Å². The number of carbonyl (C=O) groups excluding carboxylic acids is 2. The summed E-state index contributed by atoms with van der Waals surface area (Å²) in [6, 6.07) is 5.25. The Bertz CT molecular complexity index is 954. The van der Waals surface area contributed by atoms with Crippen molar-refractivity contribution in [3.8, 4) is 0 Å². The molecule has 2 aromatic rings. The second kappa shape index (κ2) is 8.93. The zero-order valence-electron chi connectivity index (χ0n) is 15.5. The molecule has 1 amide bonds. The number of hydrogen-bond acceptors (Lipinski definition) is 7. The third kappa shape index (κ3) is 5.60. The van der Waals surface area contributed by atoms with Crippen LogP contribution in [0.2, 0.25) is 0 Å². The molecule has 1 atom stereocenters. The first-order valence-corrected chi connectivity index (χ1v) is 9.77. The number of anilines is 1. The number of nitrogens with one attached hydrogen (secondary N) is 2. The fraction of sp³-hybridized carbons (Fsp3) is 0.353. The fourth-order valence-electron chi connectivity index (χ4n) is 2.34. The first kappa shape index (κ1) is 21.5. The minimum Gasteiger partial charge on any atom is -0.452 e. The number of aromatic nitrogens is 1. The van der Waals surface area contributed by atoms with Gasteiger partial charge >= 0.3 is 5.97 Å². The number of benzene rings is 1. The lowest BCUT2D eigenvalue weighted by molar-refractivity contribution is -0.152. The summed E-state index contributed by atoms with van der Waals surface area (Å²) in [4.78, 5) is 23.7. The van der Waals surface area contributed by atoms with Crippen LogP contribution in [-0.4, -0.2) is 38.1 Å². The van der Waals surface area contributed by atoms with Crippen molar-refractivity contribution in [2.45, 2.75) is 38.2 Å². The van der Waals surface area contributed by atoms with Crippen LogP contribution in [0.15, 0.2) is 33.7 Å². The van der Waals surface area contributed by atoms with Crippen molar-refractivity contribution in [1.82, 2.24) is 9.88 Å².